The minimum atomic E-state index is -0.227. The summed E-state index contributed by atoms with van der Waals surface area (Å²) in [5.74, 6) is 0. The van der Waals surface area contributed by atoms with Crippen molar-refractivity contribution in [1.82, 2.24) is 15.2 Å². The molecule has 0 unspecified atom stereocenters. The van der Waals surface area contributed by atoms with Gasteiger partial charge in [0.15, 0.2) is 0 Å². The van der Waals surface area contributed by atoms with Gasteiger partial charge in [-0.15, -0.1) is 0 Å². The maximum Gasteiger partial charge on any atom is 0.322 e. The molecule has 6 nitrogen and oxygen atoms in total. The van der Waals surface area contributed by atoms with Gasteiger partial charge < -0.3 is 5.32 Å². The number of nitrogens with one attached hydrogen (secondary N) is 1. The lowest BCUT2D eigenvalue weighted by Gasteiger charge is -2.39. The molecule has 37 heavy (non-hydrogen) atoms. The van der Waals surface area contributed by atoms with E-state index in [9.17, 15) is 10.1 Å². The number of carbonyl (C=O) groups is 1. The van der Waals surface area contributed by atoms with Crippen LogP contribution < -0.4 is 10.2 Å². The quantitative estimate of drug-likeness (QED) is 0.407. The highest BCUT2D eigenvalue weighted by atomic mass is 35.5. The fourth-order valence-electron chi connectivity index (χ4n) is 5.37. The molecule has 2 aromatic carbocycles. The molecule has 0 atom stereocenters. The zero-order valence-corrected chi connectivity index (χ0v) is 21.8. The SMILES string of the molecule is N#Cc1cccc2c1C1(CCN(CC=Cc3ccc(Cl)cc3)CC1)CN2C(=O)NCc1ccnc(Cl)c1. The van der Waals surface area contributed by atoms with Crippen LogP contribution in [0.5, 0.6) is 0 Å². The highest BCUT2D eigenvalue weighted by Gasteiger charge is 2.47. The van der Waals surface area contributed by atoms with Crippen molar-refractivity contribution in [2.75, 3.05) is 31.1 Å². The molecule has 0 aliphatic carbocycles. The number of fused-ring (bicyclic) bond motifs is 2. The summed E-state index contributed by atoms with van der Waals surface area (Å²) in [6.45, 7) is 3.57. The van der Waals surface area contributed by atoms with E-state index in [0.717, 1.165) is 59.9 Å². The van der Waals surface area contributed by atoms with Gasteiger partial charge in [0.2, 0.25) is 0 Å². The lowest BCUT2D eigenvalue weighted by molar-refractivity contribution is 0.180. The van der Waals surface area contributed by atoms with Crippen molar-refractivity contribution in [3.8, 4) is 6.07 Å². The monoisotopic (exact) mass is 531 g/mol. The molecule has 2 aliphatic heterocycles. The van der Waals surface area contributed by atoms with Crippen LogP contribution in [0.4, 0.5) is 10.5 Å². The second kappa shape index (κ2) is 10.9. The Morgan fingerprint density at radius 3 is 2.65 bits per heavy atom. The van der Waals surface area contributed by atoms with Gasteiger partial charge in [-0.2, -0.15) is 5.26 Å². The lowest BCUT2D eigenvalue weighted by atomic mass is 9.72. The molecule has 3 aromatic rings. The summed E-state index contributed by atoms with van der Waals surface area (Å²) < 4.78 is 0. The fourth-order valence-corrected chi connectivity index (χ4v) is 5.70. The van der Waals surface area contributed by atoms with Gasteiger partial charge >= 0.3 is 6.03 Å². The summed E-state index contributed by atoms with van der Waals surface area (Å²) in [5.41, 5.74) is 4.28. The fraction of sp³-hybridized carbons (Fsp3) is 0.276. The molecule has 1 fully saturated rings. The third-order valence-corrected chi connectivity index (χ3v) is 7.74. The Kier molecular flexibility index (Phi) is 7.48. The van der Waals surface area contributed by atoms with E-state index in [0.29, 0.717) is 23.8 Å². The summed E-state index contributed by atoms with van der Waals surface area (Å²) in [6.07, 6.45) is 7.69. The number of amides is 2. The van der Waals surface area contributed by atoms with Gasteiger partial charge in [0.05, 0.1) is 17.3 Å². The largest absolute Gasteiger partial charge is 0.334 e. The lowest BCUT2D eigenvalue weighted by Crippen LogP contribution is -2.47. The van der Waals surface area contributed by atoms with Gasteiger partial charge in [-0.3, -0.25) is 9.80 Å². The van der Waals surface area contributed by atoms with Crippen LogP contribution in [0.15, 0.2) is 66.9 Å². The average Bonchev–Trinajstić information content (AvgIpc) is 3.24. The minimum absolute atomic E-state index is 0.172. The van der Waals surface area contributed by atoms with E-state index in [-0.39, 0.29) is 11.4 Å². The summed E-state index contributed by atoms with van der Waals surface area (Å²) in [4.78, 5) is 21.5. The number of hydrogen-bond acceptors (Lipinski definition) is 4. The van der Waals surface area contributed by atoms with E-state index >= 15 is 0 Å². The Balaban J connectivity index is 1.28. The van der Waals surface area contributed by atoms with Crippen LogP contribution in [0, 0.1) is 11.3 Å². The summed E-state index contributed by atoms with van der Waals surface area (Å²) in [7, 11) is 0. The number of urea groups is 1. The van der Waals surface area contributed by atoms with E-state index < -0.39 is 0 Å². The number of anilines is 1. The number of piperidine rings is 1. The topological polar surface area (TPSA) is 72.3 Å². The number of hydrogen-bond donors (Lipinski definition) is 1. The van der Waals surface area contributed by atoms with Gasteiger partial charge in [0.1, 0.15) is 5.15 Å². The normalized spacial score (nSPS) is 16.6. The Bertz CT molecular complexity index is 1360. The number of benzene rings is 2. The van der Waals surface area contributed by atoms with Crippen molar-refractivity contribution < 1.29 is 4.79 Å². The summed E-state index contributed by atoms with van der Waals surface area (Å²) in [5, 5.41) is 14.0. The average molecular weight is 532 g/mol. The first kappa shape index (κ1) is 25.3. The molecule has 3 heterocycles. The Hall–Kier alpha value is -3.37. The highest BCUT2D eigenvalue weighted by molar-refractivity contribution is 6.30. The molecule has 1 aromatic heterocycles. The van der Waals surface area contributed by atoms with E-state index in [1.54, 1.807) is 17.2 Å². The van der Waals surface area contributed by atoms with Crippen molar-refractivity contribution in [3.05, 3.63) is 99.3 Å². The van der Waals surface area contributed by atoms with Crippen LogP contribution in [0.25, 0.3) is 6.08 Å². The molecule has 8 heteroatoms. The molecule has 0 bridgehead atoms. The summed E-state index contributed by atoms with van der Waals surface area (Å²) in [6, 6.07) is 19.2. The predicted molar refractivity (Wildman–Crippen MR) is 148 cm³/mol. The minimum Gasteiger partial charge on any atom is -0.334 e. The molecule has 1 saturated heterocycles. The number of likely N-dealkylation sites (tertiary alicyclic amines) is 1. The Morgan fingerprint density at radius 1 is 1.14 bits per heavy atom. The standard InChI is InChI=1S/C29H27Cl2N5O/c30-24-8-6-21(7-9-24)3-2-14-35-15-11-29(12-16-35)20-36(25-5-1-4-23(18-32)27(25)29)28(37)34-19-22-10-13-33-26(31)17-22/h1-10,13,17H,11-12,14-16,19-20H2,(H,34,37). The maximum atomic E-state index is 13.3. The number of rotatable bonds is 5. The molecule has 1 spiro atoms. The number of pyridine rings is 1. The first-order valence-electron chi connectivity index (χ1n) is 12.3. The number of nitrogens with zero attached hydrogens (tertiary/aromatic N) is 4. The Morgan fingerprint density at radius 2 is 1.92 bits per heavy atom. The molecule has 2 amide bonds. The molecule has 0 radical (unpaired) electrons. The van der Waals surface area contributed by atoms with Crippen molar-refractivity contribution in [2.45, 2.75) is 24.8 Å². The molecule has 2 aliphatic rings. The molecule has 188 valence electrons. The molecule has 0 saturated carbocycles. The van der Waals surface area contributed by atoms with Crippen molar-refractivity contribution in [2.24, 2.45) is 0 Å². The van der Waals surface area contributed by atoms with E-state index in [4.69, 9.17) is 23.2 Å². The molecular formula is C29H27Cl2N5O. The van der Waals surface area contributed by atoms with Gasteiger partial charge in [-0.05, 0) is 73.5 Å². The third kappa shape index (κ3) is 5.50. The predicted octanol–water partition coefficient (Wildman–Crippen LogP) is 6.04. The van der Waals surface area contributed by atoms with E-state index in [2.05, 4.69) is 33.4 Å². The smallest absolute Gasteiger partial charge is 0.322 e. The van der Waals surface area contributed by atoms with Crippen LogP contribution in [-0.4, -0.2) is 42.1 Å². The molecule has 1 N–H and O–H groups in total. The number of carbonyl (C=O) groups excluding carboxylic acids is 1. The first-order chi connectivity index (χ1) is 18.0. The summed E-state index contributed by atoms with van der Waals surface area (Å²) >= 11 is 12.0. The second-order valence-electron chi connectivity index (χ2n) is 9.58. The van der Waals surface area contributed by atoms with E-state index in [1.807, 2.05) is 48.5 Å². The zero-order valence-electron chi connectivity index (χ0n) is 20.3. The van der Waals surface area contributed by atoms with Gasteiger partial charge in [-0.1, -0.05) is 53.6 Å². The van der Waals surface area contributed by atoms with Crippen LogP contribution >= 0.6 is 23.2 Å². The highest BCUT2D eigenvalue weighted by Crippen LogP contribution is 2.48. The van der Waals surface area contributed by atoms with E-state index in [1.165, 1.54) is 0 Å². The number of nitriles is 1. The van der Waals surface area contributed by atoms with Crippen molar-refractivity contribution >= 4 is 41.0 Å². The van der Waals surface area contributed by atoms with Crippen LogP contribution in [0.1, 0.15) is 35.1 Å². The third-order valence-electron chi connectivity index (χ3n) is 7.28. The van der Waals surface area contributed by atoms with Crippen molar-refractivity contribution in [3.63, 3.8) is 0 Å². The molecular weight excluding hydrogens is 505 g/mol. The van der Waals surface area contributed by atoms with Gasteiger partial charge in [0.25, 0.3) is 0 Å². The zero-order chi connectivity index (χ0) is 25.8. The number of aromatic nitrogens is 1. The second-order valence-corrected chi connectivity index (χ2v) is 10.4. The van der Waals surface area contributed by atoms with Crippen LogP contribution in [0.2, 0.25) is 10.2 Å². The first-order valence-corrected chi connectivity index (χ1v) is 13.1. The van der Waals surface area contributed by atoms with Gasteiger partial charge in [0, 0.05) is 41.8 Å². The van der Waals surface area contributed by atoms with Gasteiger partial charge in [-0.25, -0.2) is 9.78 Å². The maximum absolute atomic E-state index is 13.3. The van der Waals surface area contributed by atoms with Crippen LogP contribution in [-0.2, 0) is 12.0 Å². The van der Waals surface area contributed by atoms with Crippen LogP contribution in [0.3, 0.4) is 0 Å². The van der Waals surface area contributed by atoms with Crippen molar-refractivity contribution in [1.29, 1.82) is 5.26 Å². The Labute approximate surface area is 227 Å². The molecule has 5 rings (SSSR count). The number of halogens is 2.